The largest absolute Gasteiger partial charge is 0.294 e. The molecule has 1 aliphatic carbocycles. The highest BCUT2D eigenvalue weighted by Gasteiger charge is 2.23. The lowest BCUT2D eigenvalue weighted by molar-refractivity contribution is -0.708. The smallest absolute Gasteiger partial charge is 0.183 e. The van der Waals surface area contributed by atoms with Crippen molar-refractivity contribution in [1.82, 2.24) is 19.1 Å². The van der Waals surface area contributed by atoms with Crippen molar-refractivity contribution in [2.24, 2.45) is 0 Å². The molecule has 0 unspecified atom stereocenters. The summed E-state index contributed by atoms with van der Waals surface area (Å²) in [5, 5.41) is 5.01. The summed E-state index contributed by atoms with van der Waals surface area (Å²) in [5.41, 5.74) is 13.6. The number of benzene rings is 3. The number of aromatic nitrogens is 5. The van der Waals surface area contributed by atoms with E-state index in [0.717, 1.165) is 35.6 Å². The van der Waals surface area contributed by atoms with Crippen LogP contribution in [0, 0.1) is 0 Å². The van der Waals surface area contributed by atoms with E-state index in [0.29, 0.717) is 0 Å². The van der Waals surface area contributed by atoms with Gasteiger partial charge in [0.1, 0.15) is 17.8 Å². The molecule has 46 heavy (non-hydrogen) atoms. The normalized spacial score (nSPS) is 14.7. The summed E-state index contributed by atoms with van der Waals surface area (Å²) in [6.45, 7) is 1.10. The van der Waals surface area contributed by atoms with Crippen LogP contribution in [0.3, 0.4) is 0 Å². The molecule has 0 radical (unpaired) electrons. The predicted molar refractivity (Wildman–Crippen MR) is 186 cm³/mol. The molecule has 0 atom stereocenters. The first-order chi connectivity index (χ1) is 22.8. The Hall–Kier alpha value is -5.29. The van der Waals surface area contributed by atoms with Crippen molar-refractivity contribution < 1.29 is 4.57 Å². The molecule has 5 aromatic heterocycles. The summed E-state index contributed by atoms with van der Waals surface area (Å²) in [6.07, 6.45) is 14.7. The summed E-state index contributed by atoms with van der Waals surface area (Å²) in [4.78, 5) is 9.71. The van der Waals surface area contributed by atoms with Gasteiger partial charge in [0.05, 0.1) is 16.4 Å². The molecule has 0 amide bonds. The molecule has 6 heterocycles. The zero-order valence-corrected chi connectivity index (χ0v) is 25.8. The Morgan fingerprint density at radius 1 is 0.522 bits per heavy atom. The van der Waals surface area contributed by atoms with Crippen molar-refractivity contribution in [3.05, 3.63) is 126 Å². The Morgan fingerprint density at radius 3 is 1.74 bits per heavy atom. The van der Waals surface area contributed by atoms with Crippen LogP contribution in [0.2, 0.25) is 0 Å². The average molecular weight is 597 g/mol. The maximum atomic E-state index is 4.86. The Labute approximate surface area is 267 Å². The minimum atomic E-state index is 1.01. The number of hydrogen-bond acceptors (Lipinski definition) is 2. The Kier molecular flexibility index (Phi) is 5.71. The number of pyridine rings is 3. The average Bonchev–Trinajstić information content (AvgIpc) is 3.61. The van der Waals surface area contributed by atoms with Crippen LogP contribution in [-0.2, 0) is 25.8 Å². The molecule has 5 nitrogen and oxygen atoms in total. The third-order valence-electron chi connectivity index (χ3n) is 10.4. The Bertz CT molecular complexity index is 2290. The molecule has 222 valence electrons. The van der Waals surface area contributed by atoms with Gasteiger partial charge < -0.3 is 0 Å². The van der Waals surface area contributed by atoms with E-state index in [2.05, 4.69) is 105 Å². The summed E-state index contributed by atoms with van der Waals surface area (Å²) in [6, 6.07) is 33.7. The van der Waals surface area contributed by atoms with Crippen molar-refractivity contribution in [2.45, 2.75) is 51.5 Å². The van der Waals surface area contributed by atoms with Crippen LogP contribution in [0.15, 0.2) is 110 Å². The van der Waals surface area contributed by atoms with Crippen molar-refractivity contribution in [2.75, 3.05) is 0 Å². The van der Waals surface area contributed by atoms with Crippen molar-refractivity contribution in [3.63, 3.8) is 0 Å². The van der Waals surface area contributed by atoms with Crippen LogP contribution < -0.4 is 4.57 Å². The highest BCUT2D eigenvalue weighted by Crippen LogP contribution is 2.36. The quantitative estimate of drug-likeness (QED) is 0.191. The van der Waals surface area contributed by atoms with Crippen LogP contribution in [0.25, 0.3) is 66.4 Å². The van der Waals surface area contributed by atoms with E-state index in [4.69, 9.17) is 9.97 Å². The van der Waals surface area contributed by atoms with Gasteiger partial charge in [-0.3, -0.25) is 9.13 Å². The van der Waals surface area contributed by atoms with Gasteiger partial charge in [0.25, 0.3) is 0 Å². The van der Waals surface area contributed by atoms with Crippen LogP contribution in [0.1, 0.15) is 42.5 Å². The van der Waals surface area contributed by atoms with E-state index in [1.54, 1.807) is 0 Å². The van der Waals surface area contributed by atoms with E-state index >= 15 is 0 Å². The fraction of sp³-hybridized carbons (Fsp3) is 0.195. The van der Waals surface area contributed by atoms with Crippen molar-refractivity contribution >= 4 is 43.9 Å². The predicted octanol–water partition coefficient (Wildman–Crippen LogP) is 8.84. The van der Waals surface area contributed by atoms with Gasteiger partial charge in [0, 0.05) is 58.8 Å². The highest BCUT2D eigenvalue weighted by atomic mass is 15.1. The molecule has 0 N–H and O–H groups in total. The van der Waals surface area contributed by atoms with Crippen LogP contribution in [0.4, 0.5) is 0 Å². The minimum Gasteiger partial charge on any atom is -0.294 e. The zero-order chi connectivity index (χ0) is 30.2. The number of aryl methyl sites for hydroxylation is 4. The molecular weight excluding hydrogens is 562 g/mol. The summed E-state index contributed by atoms with van der Waals surface area (Å²) >= 11 is 0. The summed E-state index contributed by atoms with van der Waals surface area (Å²) in [5.74, 6) is 0. The maximum absolute atomic E-state index is 4.86. The number of fused-ring (bicyclic) bond motifs is 8. The fourth-order valence-corrected chi connectivity index (χ4v) is 8.13. The second-order valence-corrected chi connectivity index (χ2v) is 13.1. The minimum absolute atomic E-state index is 1.01. The Balaban J connectivity index is 1.04. The van der Waals surface area contributed by atoms with Crippen molar-refractivity contribution in [1.29, 1.82) is 0 Å². The van der Waals surface area contributed by atoms with E-state index in [9.17, 15) is 0 Å². The second-order valence-electron chi connectivity index (χ2n) is 13.1. The number of rotatable bonds is 3. The van der Waals surface area contributed by atoms with E-state index in [-0.39, 0.29) is 0 Å². The lowest BCUT2D eigenvalue weighted by atomic mass is 9.90. The molecule has 3 aromatic carbocycles. The molecule has 0 bridgehead atoms. The third kappa shape index (κ3) is 3.91. The second kappa shape index (κ2) is 10.1. The first-order valence-corrected chi connectivity index (χ1v) is 16.7. The lowest BCUT2D eigenvalue weighted by Crippen LogP contribution is -2.40. The molecule has 0 spiro atoms. The summed E-state index contributed by atoms with van der Waals surface area (Å²) in [7, 11) is 0. The van der Waals surface area contributed by atoms with Gasteiger partial charge in [-0.2, -0.15) is 0 Å². The number of hydrogen-bond donors (Lipinski definition) is 0. The molecule has 1 aliphatic heterocycles. The molecule has 5 heteroatoms. The van der Waals surface area contributed by atoms with Gasteiger partial charge >= 0.3 is 0 Å². The van der Waals surface area contributed by atoms with Gasteiger partial charge in [-0.05, 0) is 115 Å². The SMILES string of the molecule is c1cnc2c(c1)c1cc3c(cc1n2-c1ccc(-c2ccc(-n4c5cc6[n+](cc5c5cccnc54)CCCC6)cc2)cc1)CCCC3. The lowest BCUT2D eigenvalue weighted by Gasteiger charge is -2.16. The zero-order valence-electron chi connectivity index (χ0n) is 25.8. The first-order valence-electron chi connectivity index (χ1n) is 16.7. The van der Waals surface area contributed by atoms with Gasteiger partial charge in [-0.1, -0.05) is 24.3 Å². The van der Waals surface area contributed by atoms with Crippen LogP contribution in [0.5, 0.6) is 0 Å². The molecule has 2 aliphatic rings. The highest BCUT2D eigenvalue weighted by molar-refractivity contribution is 6.09. The van der Waals surface area contributed by atoms with E-state index in [1.807, 2.05) is 18.5 Å². The summed E-state index contributed by atoms with van der Waals surface area (Å²) < 4.78 is 7.12. The monoisotopic (exact) mass is 596 g/mol. The molecule has 0 saturated heterocycles. The van der Waals surface area contributed by atoms with Crippen LogP contribution in [-0.4, -0.2) is 19.1 Å². The van der Waals surface area contributed by atoms with E-state index < -0.39 is 0 Å². The van der Waals surface area contributed by atoms with Crippen molar-refractivity contribution in [3.8, 4) is 22.5 Å². The fourth-order valence-electron chi connectivity index (χ4n) is 8.13. The molecule has 0 fully saturated rings. The molecular formula is C41H34N5+. The first kappa shape index (κ1) is 26.0. The van der Waals surface area contributed by atoms with Crippen LogP contribution >= 0.6 is 0 Å². The standard InChI is InChI=1S/C41H34N5/c1-2-8-30-24-38-36(23-29(30)7-1)34-10-5-20-42-40(34)45(38)31-16-12-27(13-17-31)28-14-18-32(19-15-28)46-39-25-33-9-3-4-22-44(33)26-37(39)35-11-6-21-43-41(35)46/h5-6,10-21,23-26H,1-4,7-9,22H2/q+1. The molecule has 10 rings (SSSR count). The van der Waals surface area contributed by atoms with Gasteiger partial charge in [0.15, 0.2) is 11.9 Å². The van der Waals surface area contributed by atoms with Gasteiger partial charge in [-0.25, -0.2) is 14.5 Å². The number of nitrogens with zero attached hydrogens (tertiary/aromatic N) is 5. The maximum Gasteiger partial charge on any atom is 0.183 e. The topological polar surface area (TPSA) is 39.5 Å². The van der Waals surface area contributed by atoms with Gasteiger partial charge in [0.2, 0.25) is 0 Å². The molecule has 8 aromatic rings. The molecule has 0 saturated carbocycles. The van der Waals surface area contributed by atoms with E-state index in [1.165, 1.54) is 99.1 Å². The Morgan fingerprint density at radius 2 is 1.09 bits per heavy atom. The van der Waals surface area contributed by atoms with Gasteiger partial charge in [-0.15, -0.1) is 0 Å². The third-order valence-corrected chi connectivity index (χ3v) is 10.4.